The molecule has 3 N–H and O–H groups in total. The third kappa shape index (κ3) is 2.40. The zero-order chi connectivity index (χ0) is 14.1. The molecule has 0 spiro atoms. The third-order valence-electron chi connectivity index (χ3n) is 3.19. The van der Waals surface area contributed by atoms with Crippen molar-refractivity contribution in [3.05, 3.63) is 47.5 Å². The van der Waals surface area contributed by atoms with Gasteiger partial charge in [0.05, 0.1) is 21.8 Å². The molecule has 1 aromatic heterocycles. The Morgan fingerprint density at radius 1 is 1.15 bits per heavy atom. The molecule has 1 unspecified atom stereocenters. The molecule has 0 amide bonds. The van der Waals surface area contributed by atoms with Crippen LogP contribution in [0.25, 0.3) is 10.2 Å². The Morgan fingerprint density at radius 2 is 2.00 bits per heavy atom. The molecule has 0 aliphatic rings. The SMILES string of the molecule is CC(Nc1ccc2ncsc2c1)c1ccc(O)cc1O. The lowest BCUT2D eigenvalue weighted by Crippen LogP contribution is -2.06. The number of phenolic OH excluding ortho intramolecular Hbond substituents is 2. The maximum Gasteiger partial charge on any atom is 0.124 e. The number of rotatable bonds is 3. The molecule has 2 aromatic carbocycles. The Bertz CT molecular complexity index is 754. The Balaban J connectivity index is 1.85. The summed E-state index contributed by atoms with van der Waals surface area (Å²) in [5, 5.41) is 22.5. The summed E-state index contributed by atoms with van der Waals surface area (Å²) < 4.78 is 1.12. The van der Waals surface area contributed by atoms with Crippen LogP contribution in [0.2, 0.25) is 0 Å². The Hall–Kier alpha value is -2.27. The number of benzene rings is 2. The third-order valence-corrected chi connectivity index (χ3v) is 3.99. The average molecular weight is 286 g/mol. The van der Waals surface area contributed by atoms with Crippen LogP contribution < -0.4 is 5.32 Å². The number of nitrogens with zero attached hydrogens (tertiary/aromatic N) is 1. The Kier molecular flexibility index (Phi) is 3.20. The lowest BCUT2D eigenvalue weighted by Gasteiger charge is -2.17. The minimum Gasteiger partial charge on any atom is -0.508 e. The van der Waals surface area contributed by atoms with E-state index in [-0.39, 0.29) is 17.5 Å². The molecule has 3 aromatic rings. The topological polar surface area (TPSA) is 65.4 Å². The van der Waals surface area contributed by atoms with Crippen molar-refractivity contribution in [3.8, 4) is 11.5 Å². The van der Waals surface area contributed by atoms with Crippen LogP contribution in [-0.4, -0.2) is 15.2 Å². The van der Waals surface area contributed by atoms with Crippen molar-refractivity contribution in [1.82, 2.24) is 4.98 Å². The lowest BCUT2D eigenvalue weighted by atomic mass is 10.1. The maximum absolute atomic E-state index is 9.87. The van der Waals surface area contributed by atoms with Gasteiger partial charge in [-0.05, 0) is 37.3 Å². The smallest absolute Gasteiger partial charge is 0.124 e. The predicted molar refractivity (Wildman–Crippen MR) is 81.4 cm³/mol. The van der Waals surface area contributed by atoms with Crippen molar-refractivity contribution in [2.24, 2.45) is 0 Å². The monoisotopic (exact) mass is 286 g/mol. The van der Waals surface area contributed by atoms with Crippen LogP contribution in [0.3, 0.4) is 0 Å². The lowest BCUT2D eigenvalue weighted by molar-refractivity contribution is 0.444. The van der Waals surface area contributed by atoms with Gasteiger partial charge in [-0.25, -0.2) is 4.98 Å². The highest BCUT2D eigenvalue weighted by molar-refractivity contribution is 7.16. The molecule has 0 fully saturated rings. The standard InChI is InChI=1S/C15H14N2O2S/c1-9(12-4-3-11(18)7-14(12)19)17-10-2-5-13-15(6-10)20-8-16-13/h2-9,17-19H,1H3. The van der Waals surface area contributed by atoms with Gasteiger partial charge in [0.2, 0.25) is 0 Å². The highest BCUT2D eigenvalue weighted by Gasteiger charge is 2.11. The fraction of sp³-hybridized carbons (Fsp3) is 0.133. The molecule has 0 radical (unpaired) electrons. The molecule has 102 valence electrons. The normalized spacial score (nSPS) is 12.4. The number of fused-ring (bicyclic) bond motifs is 1. The molecule has 1 atom stereocenters. The molecule has 5 heteroatoms. The van der Waals surface area contributed by atoms with Crippen LogP contribution in [0.4, 0.5) is 5.69 Å². The van der Waals surface area contributed by atoms with Crippen LogP contribution in [0.15, 0.2) is 41.9 Å². The largest absolute Gasteiger partial charge is 0.508 e. The molecule has 0 saturated heterocycles. The van der Waals surface area contributed by atoms with Crippen LogP contribution in [-0.2, 0) is 0 Å². The van der Waals surface area contributed by atoms with E-state index in [1.165, 1.54) is 6.07 Å². The summed E-state index contributed by atoms with van der Waals surface area (Å²) in [7, 11) is 0. The van der Waals surface area contributed by atoms with E-state index < -0.39 is 0 Å². The van der Waals surface area contributed by atoms with Gasteiger partial charge in [0, 0.05) is 17.3 Å². The number of phenols is 2. The van der Waals surface area contributed by atoms with Gasteiger partial charge in [0.15, 0.2) is 0 Å². The summed E-state index contributed by atoms with van der Waals surface area (Å²) in [4.78, 5) is 4.24. The van der Waals surface area contributed by atoms with Crippen molar-refractivity contribution in [1.29, 1.82) is 0 Å². The number of anilines is 1. The number of thiazole rings is 1. The van der Waals surface area contributed by atoms with E-state index in [2.05, 4.69) is 10.3 Å². The molecule has 0 aliphatic heterocycles. The van der Waals surface area contributed by atoms with Crippen LogP contribution in [0, 0.1) is 0 Å². The molecule has 1 heterocycles. The predicted octanol–water partition coefficient (Wildman–Crippen LogP) is 3.88. The minimum absolute atomic E-state index is 0.0597. The highest BCUT2D eigenvalue weighted by Crippen LogP contribution is 2.31. The van der Waals surface area contributed by atoms with Gasteiger partial charge in [-0.2, -0.15) is 0 Å². The van der Waals surface area contributed by atoms with Crippen LogP contribution >= 0.6 is 11.3 Å². The summed E-state index contributed by atoms with van der Waals surface area (Å²) >= 11 is 1.60. The second kappa shape index (κ2) is 5.02. The quantitative estimate of drug-likeness (QED) is 0.683. The van der Waals surface area contributed by atoms with E-state index in [1.807, 2.05) is 30.6 Å². The van der Waals surface area contributed by atoms with E-state index in [0.717, 1.165) is 21.5 Å². The summed E-state index contributed by atoms with van der Waals surface area (Å²) in [5.41, 5.74) is 4.53. The van der Waals surface area contributed by atoms with Gasteiger partial charge < -0.3 is 15.5 Å². The number of hydrogen-bond donors (Lipinski definition) is 3. The first-order chi connectivity index (χ1) is 9.63. The number of aromatic hydroxyl groups is 2. The Labute approximate surface area is 120 Å². The van der Waals surface area contributed by atoms with Crippen molar-refractivity contribution < 1.29 is 10.2 Å². The molecular formula is C15H14N2O2S. The van der Waals surface area contributed by atoms with E-state index >= 15 is 0 Å². The van der Waals surface area contributed by atoms with Gasteiger partial charge in [-0.1, -0.05) is 0 Å². The molecule has 0 saturated carbocycles. The zero-order valence-corrected chi connectivity index (χ0v) is 11.7. The second-order valence-corrected chi connectivity index (χ2v) is 5.53. The van der Waals surface area contributed by atoms with E-state index in [0.29, 0.717) is 0 Å². The van der Waals surface area contributed by atoms with Crippen molar-refractivity contribution in [2.45, 2.75) is 13.0 Å². The first kappa shape index (κ1) is 12.7. The van der Waals surface area contributed by atoms with Gasteiger partial charge in [0.1, 0.15) is 11.5 Å². The molecule has 4 nitrogen and oxygen atoms in total. The summed E-state index contributed by atoms with van der Waals surface area (Å²) in [5.74, 6) is 0.147. The molecule has 0 aliphatic carbocycles. The van der Waals surface area contributed by atoms with Gasteiger partial charge in [-0.3, -0.25) is 0 Å². The fourth-order valence-electron chi connectivity index (χ4n) is 2.17. The molecule has 20 heavy (non-hydrogen) atoms. The number of aromatic nitrogens is 1. The first-order valence-corrected chi connectivity index (χ1v) is 7.13. The van der Waals surface area contributed by atoms with Crippen molar-refractivity contribution in [2.75, 3.05) is 5.32 Å². The Morgan fingerprint density at radius 3 is 2.80 bits per heavy atom. The summed E-state index contributed by atoms with van der Waals surface area (Å²) in [6.07, 6.45) is 0. The minimum atomic E-state index is -0.0685. The van der Waals surface area contributed by atoms with Crippen molar-refractivity contribution >= 4 is 27.2 Å². The average Bonchev–Trinajstić information content (AvgIpc) is 2.85. The molecule has 3 rings (SSSR count). The van der Waals surface area contributed by atoms with E-state index in [1.54, 1.807) is 23.5 Å². The van der Waals surface area contributed by atoms with Gasteiger partial charge in [0.25, 0.3) is 0 Å². The van der Waals surface area contributed by atoms with E-state index in [9.17, 15) is 10.2 Å². The van der Waals surface area contributed by atoms with E-state index in [4.69, 9.17) is 0 Å². The second-order valence-electron chi connectivity index (χ2n) is 4.64. The zero-order valence-electron chi connectivity index (χ0n) is 10.9. The van der Waals surface area contributed by atoms with Gasteiger partial charge >= 0.3 is 0 Å². The maximum atomic E-state index is 9.87. The summed E-state index contributed by atoms with van der Waals surface area (Å²) in [6.45, 7) is 1.96. The number of nitrogens with one attached hydrogen (secondary N) is 1. The highest BCUT2D eigenvalue weighted by atomic mass is 32.1. The van der Waals surface area contributed by atoms with Crippen LogP contribution in [0.5, 0.6) is 11.5 Å². The fourth-order valence-corrected chi connectivity index (χ4v) is 2.89. The molecule has 0 bridgehead atoms. The summed E-state index contributed by atoms with van der Waals surface area (Å²) in [6, 6.07) is 10.5. The van der Waals surface area contributed by atoms with Crippen molar-refractivity contribution in [3.63, 3.8) is 0 Å². The number of hydrogen-bond acceptors (Lipinski definition) is 5. The van der Waals surface area contributed by atoms with Gasteiger partial charge in [-0.15, -0.1) is 11.3 Å². The first-order valence-electron chi connectivity index (χ1n) is 6.25. The molecular weight excluding hydrogens is 272 g/mol. The van der Waals surface area contributed by atoms with Crippen LogP contribution in [0.1, 0.15) is 18.5 Å².